The summed E-state index contributed by atoms with van der Waals surface area (Å²) in [6.45, 7) is 6.07. The van der Waals surface area contributed by atoms with Gasteiger partial charge in [0.25, 0.3) is 0 Å². The van der Waals surface area contributed by atoms with E-state index in [0.29, 0.717) is 39.1 Å². The number of amides is 4. The number of hydrogen-bond acceptors (Lipinski definition) is 7. The molecule has 0 fully saturated rings. The quantitative estimate of drug-likeness (QED) is 0.0861. The summed E-state index contributed by atoms with van der Waals surface area (Å²) in [6, 6.07) is -0.904. The van der Waals surface area contributed by atoms with Crippen molar-refractivity contribution in [2.24, 2.45) is 16.5 Å². The third-order valence-corrected chi connectivity index (χ3v) is 5.36. The molecule has 0 aliphatic heterocycles. The third-order valence-electron chi connectivity index (χ3n) is 5.36. The van der Waals surface area contributed by atoms with Crippen LogP contribution in [0.25, 0.3) is 0 Å². The summed E-state index contributed by atoms with van der Waals surface area (Å²) in [5, 5.41) is 10.8. The molecule has 0 unspecified atom stereocenters. The van der Waals surface area contributed by atoms with Gasteiger partial charge >= 0.3 is 0 Å². The Labute approximate surface area is 210 Å². The molecule has 0 heterocycles. The van der Waals surface area contributed by atoms with E-state index in [4.69, 9.17) is 11.5 Å². The van der Waals surface area contributed by atoms with Crippen LogP contribution in [0.15, 0.2) is 4.99 Å². The summed E-state index contributed by atoms with van der Waals surface area (Å²) in [5.74, 6) is -1.28. The fourth-order valence-electron chi connectivity index (χ4n) is 3.31. The largest absolute Gasteiger partial charge is 0.356 e. The molecule has 0 saturated carbocycles. The molecule has 11 heteroatoms. The van der Waals surface area contributed by atoms with Crippen molar-refractivity contribution < 1.29 is 19.2 Å². The van der Waals surface area contributed by atoms with Crippen LogP contribution in [-0.4, -0.2) is 75.7 Å². The van der Waals surface area contributed by atoms with E-state index in [1.54, 1.807) is 0 Å². The van der Waals surface area contributed by atoms with E-state index in [9.17, 15) is 19.2 Å². The number of nitrogens with two attached hydrogens (primary N) is 2. The van der Waals surface area contributed by atoms with Crippen molar-refractivity contribution in [1.29, 1.82) is 0 Å². The highest BCUT2D eigenvalue weighted by atomic mass is 16.2. The lowest BCUT2D eigenvalue weighted by Gasteiger charge is -2.18. The predicted octanol–water partition coefficient (Wildman–Crippen LogP) is 0.119. The molecule has 1 atom stereocenters. The summed E-state index contributed by atoms with van der Waals surface area (Å²) >= 11 is 0. The Balaban J connectivity index is 4.49. The van der Waals surface area contributed by atoms with Gasteiger partial charge in [-0.2, -0.15) is 0 Å². The van der Waals surface area contributed by atoms with Crippen LogP contribution in [0.2, 0.25) is 0 Å². The second kappa shape index (κ2) is 23.2. The number of nitrogens with zero attached hydrogens (tertiary/aromatic N) is 1. The van der Waals surface area contributed by atoms with Crippen molar-refractivity contribution in [3.05, 3.63) is 0 Å². The highest BCUT2D eigenvalue weighted by molar-refractivity contribution is 5.91. The first-order valence-corrected chi connectivity index (χ1v) is 12.9. The zero-order chi connectivity index (χ0) is 26.2. The van der Waals surface area contributed by atoms with Crippen LogP contribution in [0.4, 0.5) is 0 Å². The first-order valence-electron chi connectivity index (χ1n) is 12.9. The van der Waals surface area contributed by atoms with Crippen molar-refractivity contribution in [2.75, 3.05) is 39.3 Å². The topological polar surface area (TPSA) is 181 Å². The van der Waals surface area contributed by atoms with Crippen LogP contribution in [0.1, 0.15) is 77.0 Å². The molecule has 0 saturated heterocycles. The molecule has 11 nitrogen and oxygen atoms in total. The number of carbonyl (C=O) groups excluding carboxylic acids is 4. The van der Waals surface area contributed by atoms with Gasteiger partial charge in [0.2, 0.25) is 23.6 Å². The van der Waals surface area contributed by atoms with Crippen molar-refractivity contribution in [3.63, 3.8) is 0 Å². The van der Waals surface area contributed by atoms with Crippen LogP contribution in [0, 0.1) is 0 Å². The molecular formula is C24H47N7O4. The predicted molar refractivity (Wildman–Crippen MR) is 139 cm³/mol. The first-order chi connectivity index (χ1) is 16.9. The van der Waals surface area contributed by atoms with Gasteiger partial charge in [-0.05, 0) is 58.3 Å². The third kappa shape index (κ3) is 20.5. The van der Waals surface area contributed by atoms with E-state index in [1.165, 1.54) is 0 Å². The van der Waals surface area contributed by atoms with Gasteiger partial charge in [0, 0.05) is 32.5 Å². The molecule has 0 bridgehead atoms. The molecule has 202 valence electrons. The second-order valence-electron chi connectivity index (χ2n) is 8.53. The minimum Gasteiger partial charge on any atom is -0.356 e. The molecule has 0 aromatic carbocycles. The fourth-order valence-corrected chi connectivity index (χ4v) is 3.31. The summed E-state index contributed by atoms with van der Waals surface area (Å²) < 4.78 is 0. The number of carbonyl (C=O) groups is 4. The number of nitrogens with one attached hydrogen (secondary N) is 4. The minimum absolute atomic E-state index is 0.0877. The monoisotopic (exact) mass is 497 g/mol. The standard InChI is InChI=1S/C24H47N7O4/c1-27-16-10-11-22(33)31-20(12-13-21(32)28-17-8-4-2-6-14-25)24(35)30-19-23(34)29-18-9-5-3-7-15-26/h20H,1-19,25-26H2,(H,28,32)(H,29,34)(H,30,35)(H,31,33)/t20-/m1/s1. The Morgan fingerprint density at radius 3 is 1.83 bits per heavy atom. The maximum Gasteiger partial charge on any atom is 0.243 e. The maximum atomic E-state index is 12.6. The lowest BCUT2D eigenvalue weighted by atomic mass is 10.1. The fraction of sp³-hybridized carbons (Fsp3) is 0.792. The lowest BCUT2D eigenvalue weighted by molar-refractivity contribution is -0.131. The van der Waals surface area contributed by atoms with Gasteiger partial charge in [0.15, 0.2) is 0 Å². The van der Waals surface area contributed by atoms with Crippen LogP contribution in [0.3, 0.4) is 0 Å². The Bertz CT molecular complexity index is 617. The molecule has 0 aromatic rings. The molecule has 8 N–H and O–H groups in total. The molecule has 35 heavy (non-hydrogen) atoms. The van der Waals surface area contributed by atoms with E-state index in [1.807, 2.05) is 0 Å². The lowest BCUT2D eigenvalue weighted by Crippen LogP contribution is -2.49. The number of hydrogen-bond donors (Lipinski definition) is 6. The minimum atomic E-state index is -0.904. The van der Waals surface area contributed by atoms with Crippen LogP contribution in [0.5, 0.6) is 0 Å². The van der Waals surface area contributed by atoms with Gasteiger partial charge in [-0.1, -0.05) is 25.7 Å². The van der Waals surface area contributed by atoms with E-state index in [2.05, 4.69) is 33.0 Å². The summed E-state index contributed by atoms with van der Waals surface area (Å²) in [4.78, 5) is 52.7. The summed E-state index contributed by atoms with van der Waals surface area (Å²) in [7, 11) is 0. The van der Waals surface area contributed by atoms with Gasteiger partial charge in [-0.3, -0.25) is 19.2 Å². The molecular weight excluding hydrogens is 450 g/mol. The Kier molecular flexibility index (Phi) is 21.5. The number of rotatable bonds is 23. The zero-order valence-corrected chi connectivity index (χ0v) is 21.2. The van der Waals surface area contributed by atoms with E-state index >= 15 is 0 Å². The molecule has 0 rings (SSSR count). The van der Waals surface area contributed by atoms with Crippen molar-refractivity contribution in [1.82, 2.24) is 21.3 Å². The van der Waals surface area contributed by atoms with Crippen LogP contribution < -0.4 is 32.7 Å². The first kappa shape index (κ1) is 32.5. The molecule has 0 aliphatic rings. The zero-order valence-electron chi connectivity index (χ0n) is 21.2. The summed E-state index contributed by atoms with van der Waals surface area (Å²) in [5.41, 5.74) is 10.9. The highest BCUT2D eigenvalue weighted by Gasteiger charge is 2.22. The summed E-state index contributed by atoms with van der Waals surface area (Å²) in [6.07, 6.45) is 8.62. The van der Waals surface area contributed by atoms with Gasteiger partial charge in [0.1, 0.15) is 6.04 Å². The SMILES string of the molecule is C=NCCCC(=O)N[C@H](CCC(=O)NCCCCCCN)C(=O)NCC(=O)NCCCCCCN. The smallest absolute Gasteiger partial charge is 0.243 e. The Hall–Kier alpha value is -2.53. The highest BCUT2D eigenvalue weighted by Crippen LogP contribution is 2.02. The molecule has 0 spiro atoms. The van der Waals surface area contributed by atoms with Gasteiger partial charge in [-0.25, -0.2) is 0 Å². The van der Waals surface area contributed by atoms with E-state index < -0.39 is 11.9 Å². The van der Waals surface area contributed by atoms with Gasteiger partial charge in [-0.15, -0.1) is 0 Å². The molecule has 4 amide bonds. The second-order valence-corrected chi connectivity index (χ2v) is 8.53. The van der Waals surface area contributed by atoms with Crippen LogP contribution in [-0.2, 0) is 19.2 Å². The van der Waals surface area contributed by atoms with Crippen molar-refractivity contribution >= 4 is 30.3 Å². The Morgan fingerprint density at radius 2 is 1.26 bits per heavy atom. The number of unbranched alkanes of at least 4 members (excludes halogenated alkanes) is 6. The van der Waals surface area contributed by atoms with Crippen LogP contribution >= 0.6 is 0 Å². The molecule has 0 aliphatic carbocycles. The van der Waals surface area contributed by atoms with Gasteiger partial charge < -0.3 is 37.7 Å². The Morgan fingerprint density at radius 1 is 0.686 bits per heavy atom. The normalized spacial score (nSPS) is 11.4. The molecule has 0 aromatic heterocycles. The van der Waals surface area contributed by atoms with Crippen molar-refractivity contribution in [2.45, 2.75) is 83.1 Å². The van der Waals surface area contributed by atoms with E-state index in [0.717, 1.165) is 51.4 Å². The van der Waals surface area contributed by atoms with Gasteiger partial charge in [0.05, 0.1) is 6.54 Å². The molecule has 0 radical (unpaired) electrons. The maximum absolute atomic E-state index is 12.6. The van der Waals surface area contributed by atoms with E-state index in [-0.39, 0.29) is 43.5 Å². The average molecular weight is 498 g/mol. The number of aliphatic imine (C=N–C) groups is 1. The van der Waals surface area contributed by atoms with Crippen molar-refractivity contribution in [3.8, 4) is 0 Å². The average Bonchev–Trinajstić information content (AvgIpc) is 2.84.